The van der Waals surface area contributed by atoms with E-state index in [9.17, 15) is 4.79 Å². The largest absolute Gasteiger partial charge is 0.358 e. The van der Waals surface area contributed by atoms with Crippen LogP contribution in [-0.4, -0.2) is 15.9 Å². The molecule has 1 aliphatic rings. The summed E-state index contributed by atoms with van der Waals surface area (Å²) < 4.78 is 0. The Morgan fingerprint density at radius 2 is 1.87 bits per heavy atom. The van der Waals surface area contributed by atoms with Gasteiger partial charge in [-0.2, -0.15) is 0 Å². The van der Waals surface area contributed by atoms with E-state index in [1.807, 2.05) is 25.1 Å². The molecule has 3 heterocycles. The quantitative estimate of drug-likeness (QED) is 0.823. The number of H-pyrrole nitrogens is 1. The lowest BCUT2D eigenvalue weighted by atomic mass is 10.0. The van der Waals surface area contributed by atoms with E-state index in [1.165, 1.54) is 11.3 Å². The minimum atomic E-state index is -0.0893. The summed E-state index contributed by atoms with van der Waals surface area (Å²) in [6.07, 6.45) is 1.94. The van der Waals surface area contributed by atoms with Gasteiger partial charge >= 0.3 is 0 Å². The highest BCUT2D eigenvalue weighted by Crippen LogP contribution is 2.33. The van der Waals surface area contributed by atoms with Gasteiger partial charge in [0.25, 0.3) is 5.91 Å². The second-order valence-electron chi connectivity index (χ2n) is 6.76. The monoisotopic (exact) mass is 309 g/mol. The number of anilines is 1. The van der Waals surface area contributed by atoms with Crippen molar-refractivity contribution in [2.75, 3.05) is 5.32 Å². The van der Waals surface area contributed by atoms with Crippen LogP contribution in [0, 0.1) is 6.92 Å². The van der Waals surface area contributed by atoms with Gasteiger partial charge in [-0.1, -0.05) is 27.7 Å². The van der Waals surface area contributed by atoms with E-state index in [4.69, 9.17) is 0 Å². The molecule has 0 fully saturated rings. The number of hydrogen-bond acceptors (Lipinski definition) is 2. The first-order chi connectivity index (χ1) is 10.9. The summed E-state index contributed by atoms with van der Waals surface area (Å²) in [5, 5.41) is 2.89. The first-order valence-corrected chi connectivity index (χ1v) is 8.10. The van der Waals surface area contributed by atoms with Crippen LogP contribution in [0.25, 0.3) is 11.6 Å². The molecular weight excluding hydrogens is 286 g/mol. The highest BCUT2D eigenvalue weighted by Gasteiger charge is 2.26. The van der Waals surface area contributed by atoms with E-state index in [0.29, 0.717) is 17.4 Å². The molecule has 4 nitrogen and oxygen atoms in total. The number of aryl methyl sites for hydroxylation is 1. The third kappa shape index (κ3) is 2.81. The lowest BCUT2D eigenvalue weighted by Crippen LogP contribution is -2.04. The Morgan fingerprint density at radius 3 is 2.52 bits per heavy atom. The lowest BCUT2D eigenvalue weighted by Gasteiger charge is -2.04. The van der Waals surface area contributed by atoms with E-state index in [2.05, 4.69) is 49.0 Å². The summed E-state index contributed by atoms with van der Waals surface area (Å²) >= 11 is 0. The maximum Gasteiger partial charge on any atom is 0.258 e. The highest BCUT2D eigenvalue weighted by atomic mass is 16.2. The number of carbonyl (C=O) groups is 1. The van der Waals surface area contributed by atoms with Gasteiger partial charge in [-0.05, 0) is 48.6 Å². The number of amides is 1. The van der Waals surface area contributed by atoms with Gasteiger partial charge < -0.3 is 10.3 Å². The van der Waals surface area contributed by atoms with Crippen molar-refractivity contribution >= 4 is 23.2 Å². The van der Waals surface area contributed by atoms with Crippen LogP contribution in [0.3, 0.4) is 0 Å². The number of fused-ring (bicyclic) bond motifs is 1. The fraction of sp³-hybridized carbons (Fsp3) is 0.368. The predicted octanol–water partition coefficient (Wildman–Crippen LogP) is 4.46. The van der Waals surface area contributed by atoms with Crippen LogP contribution in [-0.2, 0) is 4.79 Å². The first kappa shape index (κ1) is 15.5. The number of nitrogens with zero attached hydrogens (tertiary/aromatic N) is 1. The van der Waals surface area contributed by atoms with Crippen LogP contribution >= 0.6 is 0 Å². The van der Waals surface area contributed by atoms with Crippen molar-refractivity contribution in [3.8, 4) is 0 Å². The molecule has 2 aromatic heterocycles. The molecule has 23 heavy (non-hydrogen) atoms. The molecule has 0 unspecified atom stereocenters. The van der Waals surface area contributed by atoms with Crippen LogP contribution in [0.5, 0.6) is 0 Å². The predicted molar refractivity (Wildman–Crippen MR) is 94.4 cm³/mol. The summed E-state index contributed by atoms with van der Waals surface area (Å²) in [5.41, 5.74) is 6.49. The Hall–Kier alpha value is -2.36. The summed E-state index contributed by atoms with van der Waals surface area (Å²) in [7, 11) is 0. The maximum absolute atomic E-state index is 12.3. The SMILES string of the molecule is Cc1ccc2c(n1)C(=Cc1[nH]c(C(C)C)cc1C(C)C)C(=O)N2. The summed E-state index contributed by atoms with van der Waals surface area (Å²) in [6.45, 7) is 10.6. The van der Waals surface area contributed by atoms with Crippen molar-refractivity contribution in [2.24, 2.45) is 0 Å². The van der Waals surface area contributed by atoms with Gasteiger partial charge in [0.1, 0.15) is 0 Å². The van der Waals surface area contributed by atoms with E-state index >= 15 is 0 Å². The summed E-state index contributed by atoms with van der Waals surface area (Å²) in [5.74, 6) is 0.721. The van der Waals surface area contributed by atoms with Crippen LogP contribution in [0.4, 0.5) is 5.69 Å². The van der Waals surface area contributed by atoms with E-state index in [0.717, 1.165) is 22.8 Å². The van der Waals surface area contributed by atoms with Gasteiger partial charge in [0.05, 0.1) is 17.0 Å². The first-order valence-electron chi connectivity index (χ1n) is 8.10. The van der Waals surface area contributed by atoms with Crippen molar-refractivity contribution in [3.63, 3.8) is 0 Å². The molecule has 2 aromatic rings. The van der Waals surface area contributed by atoms with Gasteiger partial charge in [0.15, 0.2) is 0 Å². The van der Waals surface area contributed by atoms with Crippen LogP contribution in [0.15, 0.2) is 18.2 Å². The third-order valence-corrected chi connectivity index (χ3v) is 4.22. The van der Waals surface area contributed by atoms with Crippen molar-refractivity contribution in [3.05, 3.63) is 46.5 Å². The maximum atomic E-state index is 12.3. The van der Waals surface area contributed by atoms with E-state index < -0.39 is 0 Å². The Kier molecular flexibility index (Phi) is 3.84. The fourth-order valence-electron chi connectivity index (χ4n) is 2.86. The highest BCUT2D eigenvalue weighted by molar-refractivity contribution is 6.34. The van der Waals surface area contributed by atoms with Crippen molar-refractivity contribution in [2.45, 2.75) is 46.5 Å². The van der Waals surface area contributed by atoms with Gasteiger partial charge in [0.2, 0.25) is 0 Å². The van der Waals surface area contributed by atoms with E-state index in [-0.39, 0.29) is 5.91 Å². The minimum Gasteiger partial charge on any atom is -0.358 e. The molecule has 2 N–H and O–H groups in total. The van der Waals surface area contributed by atoms with Crippen LogP contribution in [0.1, 0.15) is 67.9 Å². The molecule has 0 saturated heterocycles. The standard InChI is InChI=1S/C19H23N3O/c1-10(2)13-8-16(11(3)4)21-17(13)9-14-18-15(22-19(14)23)7-6-12(5)20-18/h6-11,21H,1-5H3,(H,22,23). The summed E-state index contributed by atoms with van der Waals surface area (Å²) in [6, 6.07) is 6.03. The fourth-order valence-corrected chi connectivity index (χ4v) is 2.86. The molecule has 4 heteroatoms. The minimum absolute atomic E-state index is 0.0893. The average molecular weight is 309 g/mol. The van der Waals surface area contributed by atoms with Crippen LogP contribution in [0.2, 0.25) is 0 Å². The van der Waals surface area contributed by atoms with Gasteiger partial charge in [0, 0.05) is 17.1 Å². The molecule has 0 aliphatic carbocycles. The molecule has 0 spiro atoms. The Labute approximate surface area is 137 Å². The molecule has 0 aromatic carbocycles. The topological polar surface area (TPSA) is 57.8 Å². The number of hydrogen-bond donors (Lipinski definition) is 2. The second kappa shape index (κ2) is 5.69. The van der Waals surface area contributed by atoms with Crippen molar-refractivity contribution < 1.29 is 4.79 Å². The molecular formula is C19H23N3O. The molecule has 1 aliphatic heterocycles. The molecule has 120 valence electrons. The number of aromatic amines is 1. The molecule has 0 atom stereocenters. The molecule has 0 saturated carbocycles. The zero-order chi connectivity index (χ0) is 16.7. The van der Waals surface area contributed by atoms with Gasteiger partial charge in [-0.15, -0.1) is 0 Å². The molecule has 0 bridgehead atoms. The van der Waals surface area contributed by atoms with Gasteiger partial charge in [-0.25, -0.2) is 0 Å². The average Bonchev–Trinajstić information content (AvgIpc) is 3.02. The van der Waals surface area contributed by atoms with Crippen molar-refractivity contribution in [1.29, 1.82) is 0 Å². The van der Waals surface area contributed by atoms with Crippen LogP contribution < -0.4 is 5.32 Å². The second-order valence-corrected chi connectivity index (χ2v) is 6.76. The zero-order valence-electron chi connectivity index (χ0n) is 14.3. The molecule has 0 radical (unpaired) electrons. The molecule has 3 rings (SSSR count). The number of aromatic nitrogens is 2. The number of rotatable bonds is 3. The smallest absolute Gasteiger partial charge is 0.258 e. The molecule has 1 amide bonds. The number of carbonyl (C=O) groups excluding carboxylic acids is 1. The Morgan fingerprint density at radius 1 is 1.13 bits per heavy atom. The lowest BCUT2D eigenvalue weighted by molar-refractivity contribution is -0.110. The normalized spacial score (nSPS) is 15.6. The van der Waals surface area contributed by atoms with Crippen molar-refractivity contribution in [1.82, 2.24) is 9.97 Å². The zero-order valence-corrected chi connectivity index (χ0v) is 14.3. The third-order valence-electron chi connectivity index (χ3n) is 4.22. The number of nitrogens with one attached hydrogen (secondary N) is 2. The Bertz CT molecular complexity index is 797. The van der Waals surface area contributed by atoms with Gasteiger partial charge in [-0.3, -0.25) is 9.78 Å². The Balaban J connectivity index is 2.12. The summed E-state index contributed by atoms with van der Waals surface area (Å²) in [4.78, 5) is 20.3. The van der Waals surface area contributed by atoms with E-state index in [1.54, 1.807) is 0 Å². The number of pyridine rings is 1.